The molecule has 6 N–H and O–H groups in total. The lowest BCUT2D eigenvalue weighted by Gasteiger charge is -2.23. The minimum absolute atomic E-state index is 0.0951. The van der Waals surface area contributed by atoms with Crippen molar-refractivity contribution >= 4 is 23.0 Å². The van der Waals surface area contributed by atoms with Crippen molar-refractivity contribution in [2.75, 3.05) is 17.2 Å². The van der Waals surface area contributed by atoms with Crippen molar-refractivity contribution in [1.29, 1.82) is 0 Å². The van der Waals surface area contributed by atoms with Crippen LogP contribution >= 0.6 is 0 Å². The highest BCUT2D eigenvalue weighted by Gasteiger charge is 2.54. The van der Waals surface area contributed by atoms with E-state index in [1.54, 1.807) is 12.3 Å². The Bertz CT molecular complexity index is 2290. The molecule has 0 radical (unpaired) electrons. The van der Waals surface area contributed by atoms with Crippen molar-refractivity contribution in [3.63, 3.8) is 0 Å². The van der Waals surface area contributed by atoms with E-state index in [0.29, 0.717) is 30.5 Å². The molecule has 6 heterocycles. The van der Waals surface area contributed by atoms with Gasteiger partial charge in [0.1, 0.15) is 5.82 Å². The third-order valence-corrected chi connectivity index (χ3v) is 8.06. The van der Waals surface area contributed by atoms with Crippen LogP contribution < -0.4 is 17.2 Å². The Labute approximate surface area is 298 Å². The zero-order chi connectivity index (χ0) is 39.8. The molecule has 0 aromatic carbocycles. The van der Waals surface area contributed by atoms with Crippen molar-refractivity contribution in [2.45, 2.75) is 37.5 Å². The quantitative estimate of drug-likeness (QED) is 0.0874. The van der Waals surface area contributed by atoms with Crippen molar-refractivity contribution in [1.82, 2.24) is 39.5 Å². The molecule has 0 saturated heterocycles. The van der Waals surface area contributed by atoms with Gasteiger partial charge in [-0.25, -0.2) is 38.1 Å². The molecule has 0 aliphatic heterocycles. The first kappa shape index (κ1) is 38.5. The van der Waals surface area contributed by atoms with Gasteiger partial charge in [0, 0.05) is 65.0 Å². The fourth-order valence-corrected chi connectivity index (χ4v) is 4.74. The summed E-state index contributed by atoms with van der Waals surface area (Å²) < 4.78 is 107. The number of hydrogen-bond donors (Lipinski definition) is 3. The first-order valence-electron chi connectivity index (χ1n) is 15.1. The van der Waals surface area contributed by atoms with Gasteiger partial charge in [0.05, 0.1) is 28.6 Å². The zero-order valence-corrected chi connectivity index (χ0v) is 27.7. The number of rotatable bonds is 7. The number of alkyl halides is 8. The maximum atomic E-state index is 14.0. The Morgan fingerprint density at radius 2 is 1.04 bits per heavy atom. The van der Waals surface area contributed by atoms with Crippen molar-refractivity contribution < 1.29 is 40.0 Å². The molecule has 54 heavy (non-hydrogen) atoms. The predicted octanol–water partition coefficient (Wildman–Crippen LogP) is 6.81. The van der Waals surface area contributed by atoms with E-state index >= 15 is 0 Å². The lowest BCUT2D eigenvalue weighted by Crippen LogP contribution is -2.35. The Hall–Kier alpha value is -6.74. The van der Waals surface area contributed by atoms with Crippen molar-refractivity contribution in [3.8, 4) is 33.9 Å². The second-order valence-electron chi connectivity index (χ2n) is 11.7. The molecule has 282 valence electrons. The van der Waals surface area contributed by atoms with Crippen LogP contribution in [0.1, 0.15) is 25.0 Å². The summed E-state index contributed by atoms with van der Waals surface area (Å²) in [7, 11) is 0. The SMILES string of the molecule is CC(F)(c1ccc(-n2cc(-c3ccnc(N)c3N)cn2)nc1)C(F)(F)F.CC(F)(c1ccc(-n2cc(-c3ccnc(N)c3[N+](=O)[O-])cn2)nc1)C(F)(F)F. The summed E-state index contributed by atoms with van der Waals surface area (Å²) in [4.78, 5) is 25.8. The van der Waals surface area contributed by atoms with E-state index in [1.807, 2.05) is 0 Å². The number of pyridine rings is 4. The molecule has 0 aliphatic carbocycles. The van der Waals surface area contributed by atoms with Crippen LogP contribution in [0.15, 0.2) is 86.0 Å². The van der Waals surface area contributed by atoms with Gasteiger partial charge in [-0.3, -0.25) is 10.1 Å². The molecular formula is C32H26F8N12O2. The monoisotopic (exact) mass is 762 g/mol. The molecule has 0 bridgehead atoms. The molecular weight excluding hydrogens is 736 g/mol. The van der Waals surface area contributed by atoms with E-state index in [-0.39, 0.29) is 34.5 Å². The second kappa shape index (κ2) is 14.0. The fourth-order valence-electron chi connectivity index (χ4n) is 4.74. The maximum Gasteiger partial charge on any atom is 0.426 e. The highest BCUT2D eigenvalue weighted by molar-refractivity contribution is 5.82. The molecule has 22 heteroatoms. The van der Waals surface area contributed by atoms with E-state index in [1.165, 1.54) is 52.5 Å². The number of halogens is 8. The smallest absolute Gasteiger partial charge is 0.395 e. The van der Waals surface area contributed by atoms with Crippen LogP contribution in [0.5, 0.6) is 0 Å². The molecule has 0 amide bonds. The summed E-state index contributed by atoms with van der Waals surface area (Å²) in [6.07, 6.45) is 0.00481. The van der Waals surface area contributed by atoms with E-state index in [9.17, 15) is 45.2 Å². The first-order valence-corrected chi connectivity index (χ1v) is 15.1. The molecule has 2 atom stereocenters. The number of hydrogen-bond acceptors (Lipinski definition) is 11. The van der Waals surface area contributed by atoms with E-state index < -0.39 is 45.4 Å². The molecule has 0 saturated carbocycles. The second-order valence-corrected chi connectivity index (χ2v) is 11.7. The van der Waals surface area contributed by atoms with Gasteiger partial charge in [0.2, 0.25) is 17.2 Å². The average Bonchev–Trinajstić information content (AvgIpc) is 3.80. The molecule has 2 unspecified atom stereocenters. The van der Waals surface area contributed by atoms with Crippen LogP contribution in [0.4, 0.5) is 58.1 Å². The molecule has 14 nitrogen and oxygen atoms in total. The Balaban J connectivity index is 0.000000208. The van der Waals surface area contributed by atoms with Gasteiger partial charge in [-0.05, 0) is 38.1 Å². The van der Waals surface area contributed by atoms with E-state index in [4.69, 9.17) is 17.2 Å². The summed E-state index contributed by atoms with van der Waals surface area (Å²) in [5.74, 6) is 0.218. The minimum Gasteiger partial charge on any atom is -0.395 e. The number of anilines is 3. The van der Waals surface area contributed by atoms with Crippen LogP contribution in [-0.4, -0.2) is 56.8 Å². The summed E-state index contributed by atoms with van der Waals surface area (Å²) in [6.45, 7) is 0.856. The van der Waals surface area contributed by atoms with Crippen LogP contribution in [0, 0.1) is 10.1 Å². The largest absolute Gasteiger partial charge is 0.426 e. The third kappa shape index (κ3) is 7.43. The van der Waals surface area contributed by atoms with Crippen LogP contribution in [0.3, 0.4) is 0 Å². The molecule has 0 aliphatic rings. The van der Waals surface area contributed by atoms with Gasteiger partial charge in [0.15, 0.2) is 11.6 Å². The maximum absolute atomic E-state index is 14.0. The minimum atomic E-state index is -5.09. The molecule has 6 aromatic heterocycles. The average molecular weight is 763 g/mol. The highest BCUT2D eigenvalue weighted by atomic mass is 19.4. The normalized spacial score (nSPS) is 14.0. The molecule has 6 rings (SSSR count). The molecule has 0 fully saturated rings. The fraction of sp³-hybridized carbons (Fsp3) is 0.188. The van der Waals surface area contributed by atoms with E-state index in [0.717, 1.165) is 30.6 Å². The summed E-state index contributed by atoms with van der Waals surface area (Å²) in [6, 6.07) is 7.41. The van der Waals surface area contributed by atoms with Gasteiger partial charge in [-0.15, -0.1) is 0 Å². The lowest BCUT2D eigenvalue weighted by atomic mass is 9.99. The van der Waals surface area contributed by atoms with Gasteiger partial charge < -0.3 is 17.2 Å². The van der Waals surface area contributed by atoms with Crippen LogP contribution in [-0.2, 0) is 11.3 Å². The summed E-state index contributed by atoms with van der Waals surface area (Å²) in [5, 5.41) is 19.3. The summed E-state index contributed by atoms with van der Waals surface area (Å²) >= 11 is 0. The van der Waals surface area contributed by atoms with Gasteiger partial charge in [-0.2, -0.15) is 36.5 Å². The van der Waals surface area contributed by atoms with Gasteiger partial charge in [-0.1, -0.05) is 12.1 Å². The first-order chi connectivity index (χ1) is 25.1. The number of nitrogens with two attached hydrogens (primary N) is 3. The Morgan fingerprint density at radius 1 is 0.611 bits per heavy atom. The zero-order valence-electron chi connectivity index (χ0n) is 27.7. The van der Waals surface area contributed by atoms with Gasteiger partial charge in [0.25, 0.3) is 0 Å². The third-order valence-electron chi connectivity index (χ3n) is 8.06. The van der Waals surface area contributed by atoms with E-state index in [2.05, 4.69) is 30.1 Å². The number of nitro groups is 1. The van der Waals surface area contributed by atoms with Gasteiger partial charge >= 0.3 is 18.0 Å². The van der Waals surface area contributed by atoms with Crippen molar-refractivity contribution in [2.24, 2.45) is 0 Å². The van der Waals surface area contributed by atoms with Crippen molar-refractivity contribution in [3.05, 3.63) is 107 Å². The Kier molecular flexibility index (Phi) is 9.98. The molecule has 6 aromatic rings. The Morgan fingerprint density at radius 3 is 1.44 bits per heavy atom. The summed E-state index contributed by atoms with van der Waals surface area (Å²) in [5.41, 5.74) is 10.4. The number of nitrogens with zero attached hydrogens (tertiary/aromatic N) is 9. The lowest BCUT2D eigenvalue weighted by molar-refractivity contribution is -0.383. The number of aromatic nitrogens is 8. The topological polar surface area (TPSA) is 208 Å². The number of nitrogen functional groups attached to an aromatic ring is 3. The van der Waals surface area contributed by atoms with Crippen LogP contribution in [0.2, 0.25) is 0 Å². The van der Waals surface area contributed by atoms with Crippen LogP contribution in [0.25, 0.3) is 33.9 Å². The standard InChI is InChI=1S/C16H12F4N6O2.C16H14F4N6/c1-15(17,16(18,19)20)10-2-3-12(23-7-10)25-8-9(6-24-25)11-4-5-22-14(21)13(11)26(27)28;1-15(17,16(18,19)20)10-2-3-12(24-7-10)26-8-9(6-25-26)11-4-5-23-14(22)13(11)21/h2-8H,1H3,(H2,21,22);2-8H,21H2,1H3,(H2,22,23). The predicted molar refractivity (Wildman–Crippen MR) is 178 cm³/mol. The molecule has 0 spiro atoms. The highest BCUT2D eigenvalue weighted by Crippen LogP contribution is 2.43.